The number of oxime groups is 2. The maximum Gasteiger partial charge on any atom is 0.410 e. The van der Waals surface area contributed by atoms with Gasteiger partial charge < -0.3 is 39.5 Å². The van der Waals surface area contributed by atoms with Gasteiger partial charge in [-0.2, -0.15) is 0 Å². The Morgan fingerprint density at radius 2 is 0.911 bits per heavy atom. The van der Waals surface area contributed by atoms with Gasteiger partial charge in [0.2, 0.25) is 0 Å². The number of aliphatic carboxylic acids is 1. The molecule has 4 aliphatic carbocycles. The molecule has 14 rings (SSSR count). The van der Waals surface area contributed by atoms with Crippen LogP contribution in [0.2, 0.25) is 0 Å². The number of hydrogen-bond acceptors (Lipinski definition) is 15. The quantitative estimate of drug-likeness (QED) is 0.0574. The van der Waals surface area contributed by atoms with Crippen molar-refractivity contribution >= 4 is 46.9 Å². The fraction of sp³-hybridized carbons (Fsp3) is 0.470. The lowest BCUT2D eigenvalue weighted by molar-refractivity contribution is -0.142. The standard InChI is InChI=1S/C40H44N2O6.C28H24N2O5.C11H21NO2.4CH4/c1-3-11-28(38(46-2)37(44)20-26-18-19-26)21-36(43)35-23-40(22-34(41-48-40)27-12-5-4-6-13-27)25-42(35)39(45)47-24-33-31-16-9-7-14-29(31)30-15-8-10-17-32(30)33;31-26(32)25-15-28(14-24(29-35-28)18-8-2-1-3-9-18)17-30(25)27(33)34-16-23-21-12-6-4-10-19(21)20-11-5-7-13-22(20)23;1-3-4-9(12)11(14-2)10(13)7-8-5-6-8;;;;/h4-10,12-17,26,28,33,35,38H,3,11,18-25H2,1-2H3;1-13,23,25H,14-17H2,(H,31,32);8-9,11H,3-7,12H2,1-2H3;4*1H4/t28-,35+,38?,40-;25-,28+;9-,11?;;;;/m100..../s1/i;;;2*1D;;. The number of likely N-dealkylation sites (tertiary alicyclic amines) is 2. The summed E-state index contributed by atoms with van der Waals surface area (Å²) < 4.78 is 34.3. The van der Waals surface area contributed by atoms with Gasteiger partial charge >= 0.3 is 18.2 Å². The van der Waals surface area contributed by atoms with E-state index >= 15 is 0 Å². The third-order valence-electron chi connectivity index (χ3n) is 20.6. The van der Waals surface area contributed by atoms with Crippen LogP contribution in [-0.4, -0.2) is 144 Å². The molecule has 540 valence electrons. The van der Waals surface area contributed by atoms with Crippen LogP contribution in [0.4, 0.5) is 9.59 Å². The fourth-order valence-corrected chi connectivity index (χ4v) is 15.3. The van der Waals surface area contributed by atoms with Crippen molar-refractivity contribution < 1.29 is 65.2 Å². The number of fused-ring (bicyclic) bond motifs is 6. The van der Waals surface area contributed by atoms with Crippen LogP contribution in [-0.2, 0) is 47.8 Å². The molecule has 18 heteroatoms. The number of rotatable bonds is 24. The topological polar surface area (TPSA) is 235 Å². The lowest BCUT2D eigenvalue weighted by Crippen LogP contribution is -2.43. The molecule has 0 bridgehead atoms. The molecule has 8 aliphatic rings. The van der Waals surface area contributed by atoms with Gasteiger partial charge in [-0.3, -0.25) is 24.2 Å². The van der Waals surface area contributed by atoms with Crippen molar-refractivity contribution in [2.24, 2.45) is 33.8 Å². The average Bonchev–Trinajstić information content (AvgIpc) is 1.63. The van der Waals surface area contributed by atoms with E-state index in [9.17, 15) is 33.9 Å². The van der Waals surface area contributed by atoms with Crippen LogP contribution in [0.3, 0.4) is 0 Å². The molecule has 3 N–H and O–H groups in total. The second-order valence-corrected chi connectivity index (χ2v) is 27.6. The zero-order chi connectivity index (χ0) is 71.8. The molecule has 8 atom stereocenters. The van der Waals surface area contributed by atoms with E-state index < -0.39 is 47.5 Å². The molecule has 4 aliphatic heterocycles. The number of ketones is 3. The summed E-state index contributed by atoms with van der Waals surface area (Å²) in [4.78, 5) is 93.3. The number of carbonyl (C=O) groups is 6. The van der Waals surface area contributed by atoms with E-state index in [-0.39, 0.29) is 101 Å². The minimum atomic E-state index is -1.08. The lowest BCUT2D eigenvalue weighted by Gasteiger charge is -2.28. The van der Waals surface area contributed by atoms with Gasteiger partial charge in [-0.15, -0.1) is 0 Å². The first-order valence-corrected chi connectivity index (χ1v) is 34.6. The first-order chi connectivity index (χ1) is 49.1. The van der Waals surface area contributed by atoms with Gasteiger partial charge in [-0.25, -0.2) is 14.4 Å². The Balaban J connectivity index is 0.000000214. The predicted octanol–water partition coefficient (Wildman–Crippen LogP) is 16.0. The predicted molar refractivity (Wildman–Crippen MR) is 395 cm³/mol. The van der Waals surface area contributed by atoms with E-state index in [1.165, 1.54) is 32.5 Å². The summed E-state index contributed by atoms with van der Waals surface area (Å²) in [6.45, 7) is 4.71. The molecular weight excluding hydrogens is 1270 g/mol. The summed E-state index contributed by atoms with van der Waals surface area (Å²) in [6, 6.07) is 50.2. The number of nitrogens with zero attached hydrogens (tertiary/aromatic N) is 4. The number of carboxylic acids is 1. The number of methoxy groups -OCH3 is 2. The Morgan fingerprint density at radius 1 is 0.545 bits per heavy atom. The number of carboxylic acid groups (broad SMARTS) is 1. The summed E-state index contributed by atoms with van der Waals surface area (Å²) in [6.07, 6.45) is 8.39. The SMILES string of the molecule is C.C.CCC[C@H](CC(=O)[C@@H]1C[C@]2(CC(c3ccccc3)=NO2)CN1C(=O)OCC1c2ccccc2-c2ccccc21)C(OC)C(=O)CC1CC1.CCC[C@H](N)C(OC)C(=O)CC1CC1.O=C(O)[C@@H]1C[C@]2(CC(c3ccccc3)=NO2)CN1C(=O)OCC1c2ccccc2-c2ccccc21.[2H]C.[2H]C. The van der Waals surface area contributed by atoms with Crippen molar-refractivity contribution in [3.63, 3.8) is 0 Å². The van der Waals surface area contributed by atoms with Crippen LogP contribution in [0.15, 0.2) is 168 Å². The molecule has 18 nitrogen and oxygen atoms in total. The third kappa shape index (κ3) is 17.6. The number of amides is 2. The summed E-state index contributed by atoms with van der Waals surface area (Å²) in [5.74, 6) is -0.319. The largest absolute Gasteiger partial charge is 0.480 e. The van der Waals surface area contributed by atoms with Crippen molar-refractivity contribution in [2.45, 2.75) is 193 Å². The Morgan fingerprint density at radius 3 is 1.29 bits per heavy atom. The fourth-order valence-electron chi connectivity index (χ4n) is 15.3. The van der Waals surface area contributed by atoms with E-state index in [0.717, 1.165) is 99.2 Å². The van der Waals surface area contributed by atoms with Gasteiger partial charge in [0.25, 0.3) is 0 Å². The second kappa shape index (κ2) is 34.7. The van der Waals surface area contributed by atoms with Gasteiger partial charge in [-0.05, 0) is 112 Å². The average molecular weight is 1380 g/mol. The Labute approximate surface area is 600 Å². The van der Waals surface area contributed by atoms with Gasteiger partial charge in [0, 0.05) is 79.8 Å². The normalized spacial score (nSPS) is 21.5. The zero-order valence-electron chi connectivity index (χ0n) is 59.9. The zero-order valence-corrected chi connectivity index (χ0v) is 57.9. The number of carbonyl (C=O) groups excluding carboxylic acids is 5. The van der Waals surface area contributed by atoms with Gasteiger partial charge in [0.1, 0.15) is 31.5 Å². The molecule has 2 saturated heterocycles. The Hall–Kier alpha value is -8.84. The minimum absolute atomic E-state index is 0. The van der Waals surface area contributed by atoms with E-state index in [2.05, 4.69) is 60.6 Å². The van der Waals surface area contributed by atoms with Crippen LogP contribution in [0.5, 0.6) is 0 Å². The summed E-state index contributed by atoms with van der Waals surface area (Å²) in [7, 11) is 5.63. The lowest BCUT2D eigenvalue weighted by atomic mass is 9.84. The first-order valence-electron chi connectivity index (χ1n) is 36.6. The highest BCUT2D eigenvalue weighted by Crippen LogP contribution is 2.48. The molecule has 6 aromatic rings. The van der Waals surface area contributed by atoms with Crippen LogP contribution >= 0.6 is 0 Å². The molecule has 0 aromatic heterocycles. The van der Waals surface area contributed by atoms with Crippen LogP contribution < -0.4 is 5.73 Å². The molecule has 4 heterocycles. The monoisotopic (exact) mass is 1380 g/mol. The highest BCUT2D eigenvalue weighted by Gasteiger charge is 2.56. The minimum Gasteiger partial charge on any atom is -0.480 e. The number of Topliss-reactive ketones (excluding diaryl/α,β-unsaturated/α-hetero) is 3. The molecule has 2 unspecified atom stereocenters. The molecule has 0 radical (unpaired) electrons. The molecule has 6 aromatic carbocycles. The smallest absolute Gasteiger partial charge is 0.410 e. The third-order valence-corrected chi connectivity index (χ3v) is 20.6. The van der Waals surface area contributed by atoms with Crippen LogP contribution in [0, 0.1) is 17.8 Å². The number of hydrogen-bond donors (Lipinski definition) is 2. The van der Waals surface area contributed by atoms with Crippen molar-refractivity contribution in [1.29, 1.82) is 0 Å². The molecule has 2 saturated carbocycles. The maximum absolute atomic E-state index is 14.3. The Kier molecular flexibility index (Phi) is 25.7. The van der Waals surface area contributed by atoms with Crippen LogP contribution in [0.1, 0.15) is 188 Å². The Bertz CT molecular complexity index is 3810. The van der Waals surface area contributed by atoms with Gasteiger partial charge in [0.15, 0.2) is 28.6 Å². The van der Waals surface area contributed by atoms with Crippen LogP contribution in [0.25, 0.3) is 22.3 Å². The van der Waals surface area contributed by atoms with Crippen molar-refractivity contribution in [2.75, 3.05) is 40.5 Å². The van der Waals surface area contributed by atoms with Crippen molar-refractivity contribution in [3.8, 4) is 22.3 Å². The van der Waals surface area contributed by atoms with Gasteiger partial charge in [-0.1, -0.05) is 224 Å². The molecule has 2 spiro atoms. The first kappa shape index (κ1) is 74.8. The van der Waals surface area contributed by atoms with Crippen molar-refractivity contribution in [1.82, 2.24) is 9.80 Å². The second-order valence-electron chi connectivity index (χ2n) is 27.6. The number of nitrogens with two attached hydrogens (primary N) is 1. The van der Waals surface area contributed by atoms with Crippen molar-refractivity contribution in [3.05, 3.63) is 191 Å². The van der Waals surface area contributed by atoms with E-state index in [4.69, 9.17) is 37.1 Å². The van der Waals surface area contributed by atoms with E-state index in [1.807, 2.05) is 121 Å². The number of benzene rings is 6. The summed E-state index contributed by atoms with van der Waals surface area (Å²) in [5.41, 5.74) is 16.7. The number of ether oxygens (including phenoxy) is 4. The molecule has 4 fully saturated rings. The van der Waals surface area contributed by atoms with E-state index in [0.29, 0.717) is 50.4 Å². The maximum atomic E-state index is 14.3. The van der Waals surface area contributed by atoms with Gasteiger partial charge in [0.05, 0.1) is 30.6 Å². The molecule has 101 heavy (non-hydrogen) atoms. The van der Waals surface area contributed by atoms with E-state index in [1.54, 1.807) is 19.1 Å². The highest BCUT2D eigenvalue weighted by molar-refractivity contribution is 6.03. The highest BCUT2D eigenvalue weighted by atomic mass is 16.7. The molecular formula is C83H105N5O13. The summed E-state index contributed by atoms with van der Waals surface area (Å²) in [5, 5.41) is 18.5. The summed E-state index contributed by atoms with van der Waals surface area (Å²) >= 11 is 0. The molecule has 2 amide bonds.